The Kier molecular flexibility index (Phi) is 17.9. The fourth-order valence-corrected chi connectivity index (χ4v) is 6.53. The molecule has 0 saturated carbocycles. The Morgan fingerprint density at radius 2 is 1.49 bits per heavy atom. The fraction of sp³-hybridized carbons (Fsp3) is 0.677. The van der Waals surface area contributed by atoms with Gasteiger partial charge in [0.05, 0.1) is 71.4 Å². The lowest BCUT2D eigenvalue weighted by Crippen LogP contribution is -2.47. The molecule has 2 saturated heterocycles. The van der Waals surface area contributed by atoms with Crippen LogP contribution in [-0.2, 0) is 33.3 Å². The molecule has 2 aliphatic heterocycles. The van der Waals surface area contributed by atoms with Gasteiger partial charge in [-0.3, -0.25) is 14.4 Å². The van der Waals surface area contributed by atoms with Crippen LogP contribution < -0.4 is 26.0 Å². The molecular formula is C31H44F4N4O9S. The number of fused-ring (bicyclic) bond motifs is 1. The van der Waals surface area contributed by atoms with Gasteiger partial charge in [-0.15, -0.1) is 0 Å². The zero-order chi connectivity index (χ0) is 35.6. The molecule has 49 heavy (non-hydrogen) atoms. The highest BCUT2D eigenvalue weighted by atomic mass is 32.2. The topological polar surface area (TPSA) is 163 Å². The Labute approximate surface area is 286 Å². The molecule has 1 aromatic rings. The third kappa shape index (κ3) is 13.9. The summed E-state index contributed by atoms with van der Waals surface area (Å²) in [5.41, 5.74) is 0. The molecule has 4 atom stereocenters. The number of nitrogens with one attached hydrogen (secondary N) is 4. The molecule has 2 aliphatic rings. The van der Waals surface area contributed by atoms with E-state index in [-0.39, 0.29) is 82.2 Å². The smallest absolute Gasteiger partial charge is 0.315 e. The van der Waals surface area contributed by atoms with E-state index in [9.17, 15) is 36.7 Å². The highest BCUT2D eigenvalue weighted by Gasteiger charge is 2.42. The third-order valence-electron chi connectivity index (χ3n) is 7.54. The summed E-state index contributed by atoms with van der Waals surface area (Å²) in [6.07, 6.45) is 2.86. The Bertz CT molecular complexity index is 1230. The molecule has 2 fully saturated rings. The Balaban J connectivity index is 1.09. The van der Waals surface area contributed by atoms with Crippen LogP contribution in [0.4, 0.5) is 22.4 Å². The first-order chi connectivity index (χ1) is 23.6. The van der Waals surface area contributed by atoms with Gasteiger partial charge in [0.2, 0.25) is 29.2 Å². The minimum absolute atomic E-state index is 0.00914. The molecule has 1 aromatic carbocycles. The van der Waals surface area contributed by atoms with Gasteiger partial charge in [0.25, 0.3) is 0 Å². The highest BCUT2D eigenvalue weighted by Crippen LogP contribution is 2.33. The summed E-state index contributed by atoms with van der Waals surface area (Å²) in [7, 11) is 0. The lowest BCUT2D eigenvalue weighted by Gasteiger charge is -2.18. The van der Waals surface area contributed by atoms with Crippen molar-refractivity contribution in [3.8, 4) is 5.75 Å². The van der Waals surface area contributed by atoms with Crippen molar-refractivity contribution < 1.29 is 60.4 Å². The van der Waals surface area contributed by atoms with Gasteiger partial charge in [-0.05, 0) is 19.3 Å². The number of hydrogen-bond donors (Lipinski definition) is 4. The molecule has 0 radical (unpaired) electrons. The van der Waals surface area contributed by atoms with Crippen LogP contribution in [0, 0.1) is 23.3 Å². The maximum Gasteiger partial charge on any atom is 0.315 e. The largest absolute Gasteiger partial charge is 0.420 e. The molecule has 0 unspecified atom stereocenters. The summed E-state index contributed by atoms with van der Waals surface area (Å²) in [6.45, 7) is 3.59. The molecule has 0 spiro atoms. The molecule has 0 bridgehead atoms. The van der Waals surface area contributed by atoms with Crippen LogP contribution in [0.15, 0.2) is 6.07 Å². The molecule has 4 amide bonds. The van der Waals surface area contributed by atoms with Crippen LogP contribution in [0.5, 0.6) is 5.75 Å². The molecule has 2 heterocycles. The second-order valence-electron chi connectivity index (χ2n) is 11.2. The van der Waals surface area contributed by atoms with Crippen molar-refractivity contribution in [3.63, 3.8) is 0 Å². The average Bonchev–Trinajstić information content (AvgIpc) is 3.63. The normalized spacial score (nSPS) is 18.8. The lowest BCUT2D eigenvalue weighted by atomic mass is 10.0. The summed E-state index contributed by atoms with van der Waals surface area (Å²) < 4.78 is 79.1. The van der Waals surface area contributed by atoms with E-state index in [1.807, 2.05) is 18.7 Å². The monoisotopic (exact) mass is 724 g/mol. The van der Waals surface area contributed by atoms with Crippen LogP contribution in [0.3, 0.4) is 0 Å². The zero-order valence-electron chi connectivity index (χ0n) is 27.3. The number of thioether (sulfide) groups is 1. The van der Waals surface area contributed by atoms with Crippen molar-refractivity contribution in [2.75, 3.05) is 65.2 Å². The number of halogens is 4. The number of benzene rings is 1. The number of hydrogen-bond acceptors (Lipinski definition) is 10. The standard InChI is InChI=1S/C31H44F4N4O9S/c1-2-21(37-24(40)6-4-3-5-23-28-22(18-49-23)38-31(43)39-28)30(42)36-8-10-45-12-14-47-16-15-46-13-11-44-9-7-25(41)48-29-26(34)19(32)17-20(33)27(29)35/h17,21-23,28H,2-16,18H2,1H3,(H,36,42)(H,37,40)(H2,38,39,43)/t21-,22+,23-,28-/m0/s1. The Morgan fingerprint density at radius 3 is 2.12 bits per heavy atom. The van der Waals surface area contributed by atoms with Gasteiger partial charge in [-0.2, -0.15) is 20.5 Å². The van der Waals surface area contributed by atoms with E-state index in [0.717, 1.165) is 18.6 Å². The minimum atomic E-state index is -1.81. The van der Waals surface area contributed by atoms with Crippen LogP contribution >= 0.6 is 11.8 Å². The highest BCUT2D eigenvalue weighted by molar-refractivity contribution is 8.00. The number of rotatable bonds is 24. The zero-order valence-corrected chi connectivity index (χ0v) is 28.1. The molecular weight excluding hydrogens is 680 g/mol. The molecule has 3 rings (SSSR count). The SMILES string of the molecule is CC[C@H](NC(=O)CCCC[C@@H]1SC[C@H]2NC(=O)N[C@H]12)C(=O)NCCOCCOCCOCCOCCC(=O)Oc1c(F)c(F)cc(F)c1F. The second kappa shape index (κ2) is 21.8. The van der Waals surface area contributed by atoms with Gasteiger partial charge in [0.1, 0.15) is 6.04 Å². The summed E-state index contributed by atoms with van der Waals surface area (Å²) in [6, 6.07) is -0.395. The lowest BCUT2D eigenvalue weighted by molar-refractivity contribution is -0.136. The van der Waals surface area contributed by atoms with E-state index < -0.39 is 47.5 Å². The van der Waals surface area contributed by atoms with Gasteiger partial charge >= 0.3 is 12.0 Å². The fourth-order valence-electron chi connectivity index (χ4n) is 4.99. The van der Waals surface area contributed by atoms with Crippen molar-refractivity contribution in [2.24, 2.45) is 0 Å². The van der Waals surface area contributed by atoms with E-state index in [2.05, 4.69) is 26.0 Å². The van der Waals surface area contributed by atoms with E-state index in [0.29, 0.717) is 37.7 Å². The van der Waals surface area contributed by atoms with Crippen LogP contribution in [-0.4, -0.2) is 112 Å². The average molecular weight is 725 g/mol. The van der Waals surface area contributed by atoms with E-state index in [1.54, 1.807) is 0 Å². The predicted octanol–water partition coefficient (Wildman–Crippen LogP) is 2.34. The van der Waals surface area contributed by atoms with Gasteiger partial charge in [-0.25, -0.2) is 13.6 Å². The predicted molar refractivity (Wildman–Crippen MR) is 169 cm³/mol. The third-order valence-corrected chi connectivity index (χ3v) is 9.05. The van der Waals surface area contributed by atoms with Crippen molar-refractivity contribution in [2.45, 2.75) is 68.8 Å². The molecule has 4 N–H and O–H groups in total. The maximum absolute atomic E-state index is 13.5. The molecule has 0 aliphatic carbocycles. The van der Waals surface area contributed by atoms with Crippen LogP contribution in [0.2, 0.25) is 0 Å². The van der Waals surface area contributed by atoms with E-state index >= 15 is 0 Å². The minimum Gasteiger partial charge on any atom is -0.420 e. The number of amides is 4. The summed E-state index contributed by atoms with van der Waals surface area (Å²) in [4.78, 5) is 48.0. The van der Waals surface area contributed by atoms with Gasteiger partial charge in [-0.1, -0.05) is 13.3 Å². The van der Waals surface area contributed by atoms with E-state index in [4.69, 9.17) is 18.9 Å². The summed E-state index contributed by atoms with van der Waals surface area (Å²) in [5, 5.41) is 11.8. The first-order valence-electron chi connectivity index (χ1n) is 16.2. The van der Waals surface area contributed by atoms with Gasteiger partial charge in [0, 0.05) is 30.0 Å². The van der Waals surface area contributed by atoms with Crippen molar-refractivity contribution in [1.29, 1.82) is 0 Å². The quantitative estimate of drug-likeness (QED) is 0.0311. The number of carbonyl (C=O) groups excluding carboxylic acids is 4. The van der Waals surface area contributed by atoms with Crippen molar-refractivity contribution in [3.05, 3.63) is 29.3 Å². The van der Waals surface area contributed by atoms with E-state index in [1.165, 1.54) is 0 Å². The summed E-state index contributed by atoms with van der Waals surface area (Å²) >= 11 is 1.84. The van der Waals surface area contributed by atoms with Gasteiger partial charge in [0.15, 0.2) is 11.6 Å². The second-order valence-corrected chi connectivity index (χ2v) is 12.4. The number of carbonyl (C=O) groups is 4. The first kappa shape index (κ1) is 40.2. The molecule has 13 nitrogen and oxygen atoms in total. The number of esters is 1. The molecule has 18 heteroatoms. The van der Waals surface area contributed by atoms with Crippen LogP contribution in [0.25, 0.3) is 0 Å². The van der Waals surface area contributed by atoms with Crippen molar-refractivity contribution in [1.82, 2.24) is 21.3 Å². The Hall–Kier alpha value is -3.19. The number of unbranched alkanes of at least 4 members (excludes halogenated alkanes) is 1. The maximum atomic E-state index is 13.5. The number of urea groups is 1. The Morgan fingerprint density at radius 1 is 0.878 bits per heavy atom. The van der Waals surface area contributed by atoms with Crippen molar-refractivity contribution >= 4 is 35.6 Å². The van der Waals surface area contributed by atoms with Crippen LogP contribution in [0.1, 0.15) is 45.4 Å². The number of ether oxygens (including phenoxy) is 5. The summed E-state index contributed by atoms with van der Waals surface area (Å²) in [5.74, 6) is -9.11. The molecule has 0 aromatic heterocycles. The first-order valence-corrected chi connectivity index (χ1v) is 17.3. The van der Waals surface area contributed by atoms with Gasteiger partial charge < -0.3 is 45.0 Å². The molecule has 276 valence electrons.